The van der Waals surface area contributed by atoms with Crippen LogP contribution in [0.5, 0.6) is 5.88 Å². The number of ether oxygens (including phenoxy) is 2. The van der Waals surface area contributed by atoms with Crippen molar-refractivity contribution in [2.24, 2.45) is 11.3 Å². The minimum atomic E-state index is 0.321. The molecule has 26 heavy (non-hydrogen) atoms. The summed E-state index contributed by atoms with van der Waals surface area (Å²) in [5, 5.41) is 0. The Labute approximate surface area is 154 Å². The fraction of sp³-hybridized carbons (Fsp3) is 0.550. The Hall–Kier alpha value is -2.05. The van der Waals surface area contributed by atoms with Crippen LogP contribution in [-0.2, 0) is 11.3 Å². The molecule has 0 unspecified atom stereocenters. The van der Waals surface area contributed by atoms with Gasteiger partial charge in [-0.2, -0.15) is 0 Å². The van der Waals surface area contributed by atoms with E-state index < -0.39 is 0 Å². The van der Waals surface area contributed by atoms with Crippen LogP contribution < -0.4 is 4.74 Å². The lowest BCUT2D eigenvalue weighted by Crippen LogP contribution is -2.49. The van der Waals surface area contributed by atoms with Gasteiger partial charge in [0.25, 0.3) is 0 Å². The van der Waals surface area contributed by atoms with E-state index in [-0.39, 0.29) is 0 Å². The monoisotopic (exact) mass is 354 g/mol. The van der Waals surface area contributed by atoms with Crippen molar-refractivity contribution in [2.75, 3.05) is 32.9 Å². The van der Waals surface area contributed by atoms with Crippen LogP contribution in [0.25, 0.3) is 0 Å². The lowest BCUT2D eigenvalue weighted by Gasteiger charge is -2.48. The summed E-state index contributed by atoms with van der Waals surface area (Å²) in [4.78, 5) is 15.3. The average molecular weight is 354 g/mol. The molecular formula is C20H26N4O2. The Morgan fingerprint density at radius 2 is 2.04 bits per heavy atom. The Morgan fingerprint density at radius 1 is 1.12 bits per heavy atom. The molecule has 0 N–H and O–H groups in total. The van der Waals surface area contributed by atoms with Gasteiger partial charge in [0.15, 0.2) is 0 Å². The minimum absolute atomic E-state index is 0.321. The van der Waals surface area contributed by atoms with Crippen molar-refractivity contribution in [3.63, 3.8) is 0 Å². The van der Waals surface area contributed by atoms with Crippen molar-refractivity contribution in [3.8, 4) is 5.88 Å². The standard InChI is InChI=1S/C20H26N4O2/c1-2-7-22-18(3-1)14-24-10-4-20(5-11-24)6-12-25-15-17(20)16-26-19-13-21-8-9-23-19/h1-3,7-9,13,17H,4-6,10-12,14-16H2/t17-/m1/s1. The van der Waals surface area contributed by atoms with E-state index in [1.807, 2.05) is 12.3 Å². The third-order valence-electron chi connectivity index (χ3n) is 5.86. The summed E-state index contributed by atoms with van der Waals surface area (Å²) in [6, 6.07) is 6.14. The summed E-state index contributed by atoms with van der Waals surface area (Å²) in [6.45, 7) is 5.45. The third-order valence-corrected chi connectivity index (χ3v) is 5.86. The SMILES string of the molecule is c1ccc(CN2CCC3(CCOC[C@@H]3COc3cnccn3)CC2)nc1. The van der Waals surface area contributed by atoms with Crippen molar-refractivity contribution >= 4 is 0 Å². The second kappa shape index (κ2) is 8.10. The van der Waals surface area contributed by atoms with E-state index in [1.54, 1.807) is 18.6 Å². The summed E-state index contributed by atoms with van der Waals surface area (Å²) in [5.41, 5.74) is 1.47. The van der Waals surface area contributed by atoms with E-state index in [1.165, 1.54) is 12.8 Å². The number of pyridine rings is 1. The van der Waals surface area contributed by atoms with Crippen LogP contribution in [0.4, 0.5) is 0 Å². The molecule has 2 aliphatic rings. The lowest BCUT2D eigenvalue weighted by atomic mass is 9.66. The summed E-state index contributed by atoms with van der Waals surface area (Å²) in [5.74, 6) is 1.01. The number of piperidine rings is 1. The maximum absolute atomic E-state index is 5.92. The molecule has 1 atom stereocenters. The first-order valence-corrected chi connectivity index (χ1v) is 9.43. The second-order valence-corrected chi connectivity index (χ2v) is 7.34. The van der Waals surface area contributed by atoms with Gasteiger partial charge in [-0.1, -0.05) is 6.07 Å². The summed E-state index contributed by atoms with van der Waals surface area (Å²) < 4.78 is 11.7. The first-order valence-electron chi connectivity index (χ1n) is 9.43. The number of hydrogen-bond acceptors (Lipinski definition) is 6. The molecule has 0 saturated carbocycles. The van der Waals surface area contributed by atoms with Crippen LogP contribution >= 0.6 is 0 Å². The van der Waals surface area contributed by atoms with Gasteiger partial charge in [-0.25, -0.2) is 4.98 Å². The van der Waals surface area contributed by atoms with Gasteiger partial charge < -0.3 is 9.47 Å². The van der Waals surface area contributed by atoms with E-state index >= 15 is 0 Å². The normalized spacial score (nSPS) is 23.0. The van der Waals surface area contributed by atoms with Gasteiger partial charge in [0.2, 0.25) is 5.88 Å². The molecule has 6 heteroatoms. The second-order valence-electron chi connectivity index (χ2n) is 7.34. The van der Waals surface area contributed by atoms with E-state index in [9.17, 15) is 0 Å². The summed E-state index contributed by atoms with van der Waals surface area (Å²) in [7, 11) is 0. The molecule has 0 aliphatic carbocycles. The Balaban J connectivity index is 1.35. The van der Waals surface area contributed by atoms with Crippen molar-refractivity contribution in [1.29, 1.82) is 0 Å². The van der Waals surface area contributed by atoms with Crippen molar-refractivity contribution in [1.82, 2.24) is 19.9 Å². The molecular weight excluding hydrogens is 328 g/mol. The molecule has 0 bridgehead atoms. The minimum Gasteiger partial charge on any atom is -0.476 e. The molecule has 138 valence electrons. The molecule has 2 fully saturated rings. The van der Waals surface area contributed by atoms with Gasteiger partial charge in [0.05, 0.1) is 25.1 Å². The topological polar surface area (TPSA) is 60.4 Å². The maximum Gasteiger partial charge on any atom is 0.232 e. The highest BCUT2D eigenvalue weighted by molar-refractivity contribution is 5.05. The van der Waals surface area contributed by atoms with Crippen LogP contribution in [0.2, 0.25) is 0 Å². The molecule has 0 amide bonds. The molecule has 0 radical (unpaired) electrons. The molecule has 2 saturated heterocycles. The van der Waals surface area contributed by atoms with Crippen LogP contribution in [0.15, 0.2) is 43.0 Å². The average Bonchev–Trinajstić information content (AvgIpc) is 2.71. The zero-order valence-corrected chi connectivity index (χ0v) is 15.1. The van der Waals surface area contributed by atoms with E-state index in [0.29, 0.717) is 23.8 Å². The van der Waals surface area contributed by atoms with Crippen LogP contribution in [0, 0.1) is 11.3 Å². The van der Waals surface area contributed by atoms with Crippen LogP contribution in [-0.4, -0.2) is 52.8 Å². The third kappa shape index (κ3) is 4.02. The van der Waals surface area contributed by atoms with Gasteiger partial charge in [-0.15, -0.1) is 0 Å². The van der Waals surface area contributed by atoms with Gasteiger partial charge in [-0.3, -0.25) is 14.9 Å². The van der Waals surface area contributed by atoms with Crippen molar-refractivity contribution < 1.29 is 9.47 Å². The number of aromatic nitrogens is 3. The highest BCUT2D eigenvalue weighted by atomic mass is 16.5. The molecule has 4 rings (SSSR count). The number of nitrogens with zero attached hydrogens (tertiary/aromatic N) is 4. The molecule has 1 spiro atoms. The van der Waals surface area contributed by atoms with E-state index in [0.717, 1.165) is 45.0 Å². The zero-order chi connectivity index (χ0) is 17.7. The fourth-order valence-corrected chi connectivity index (χ4v) is 4.19. The van der Waals surface area contributed by atoms with Crippen molar-refractivity contribution in [3.05, 3.63) is 48.7 Å². The summed E-state index contributed by atoms with van der Waals surface area (Å²) >= 11 is 0. The maximum atomic E-state index is 5.92. The molecule has 6 nitrogen and oxygen atoms in total. The molecule has 4 heterocycles. The molecule has 2 aromatic heterocycles. The smallest absolute Gasteiger partial charge is 0.232 e. The van der Waals surface area contributed by atoms with Crippen LogP contribution in [0.1, 0.15) is 25.0 Å². The quantitative estimate of drug-likeness (QED) is 0.822. The van der Waals surface area contributed by atoms with Gasteiger partial charge in [-0.05, 0) is 49.9 Å². The van der Waals surface area contributed by atoms with E-state index in [2.05, 4.69) is 32.0 Å². The number of hydrogen-bond donors (Lipinski definition) is 0. The Morgan fingerprint density at radius 3 is 2.81 bits per heavy atom. The zero-order valence-electron chi connectivity index (χ0n) is 15.1. The number of likely N-dealkylation sites (tertiary alicyclic amines) is 1. The first-order chi connectivity index (χ1) is 12.8. The number of rotatable bonds is 5. The Bertz CT molecular complexity index is 675. The van der Waals surface area contributed by atoms with Crippen LogP contribution in [0.3, 0.4) is 0 Å². The van der Waals surface area contributed by atoms with Gasteiger partial charge >= 0.3 is 0 Å². The lowest BCUT2D eigenvalue weighted by molar-refractivity contribution is -0.0868. The predicted octanol–water partition coefficient (Wildman–Crippen LogP) is 2.57. The predicted molar refractivity (Wildman–Crippen MR) is 97.6 cm³/mol. The summed E-state index contributed by atoms with van der Waals surface area (Å²) in [6.07, 6.45) is 10.4. The molecule has 2 aliphatic heterocycles. The first kappa shape index (κ1) is 17.4. The van der Waals surface area contributed by atoms with E-state index in [4.69, 9.17) is 9.47 Å². The van der Waals surface area contributed by atoms with Gasteiger partial charge in [0, 0.05) is 37.7 Å². The molecule has 2 aromatic rings. The highest BCUT2D eigenvalue weighted by Crippen LogP contribution is 2.45. The van der Waals surface area contributed by atoms with Crippen molar-refractivity contribution in [2.45, 2.75) is 25.8 Å². The largest absolute Gasteiger partial charge is 0.476 e. The Kier molecular flexibility index (Phi) is 5.41. The van der Waals surface area contributed by atoms with Gasteiger partial charge in [0.1, 0.15) is 0 Å². The highest BCUT2D eigenvalue weighted by Gasteiger charge is 2.43. The fourth-order valence-electron chi connectivity index (χ4n) is 4.19. The molecule has 0 aromatic carbocycles.